The quantitative estimate of drug-likeness (QED) is 0.545. The molecule has 0 aliphatic rings. The summed E-state index contributed by atoms with van der Waals surface area (Å²) in [7, 11) is 0. The molecule has 7 nitrogen and oxygen atoms in total. The lowest BCUT2D eigenvalue weighted by Gasteiger charge is -2.18. The van der Waals surface area contributed by atoms with Crippen LogP contribution in [0.15, 0.2) is 12.5 Å². The molecule has 0 aromatic carbocycles. The number of hydrogen-bond donors (Lipinski definition) is 4. The minimum atomic E-state index is -1.11. The molecule has 0 aliphatic heterocycles. The van der Waals surface area contributed by atoms with Crippen molar-refractivity contribution in [1.82, 2.24) is 20.6 Å². The molecule has 0 aliphatic carbocycles. The first-order chi connectivity index (χ1) is 9.56. The number of terminal acetylenes is 1. The van der Waals surface area contributed by atoms with Crippen LogP contribution in [0.5, 0.6) is 0 Å². The van der Waals surface area contributed by atoms with Crippen molar-refractivity contribution < 1.29 is 14.7 Å². The van der Waals surface area contributed by atoms with E-state index in [1.807, 2.05) is 6.92 Å². The second-order valence-corrected chi connectivity index (χ2v) is 4.30. The highest BCUT2D eigenvalue weighted by Gasteiger charge is 2.21. The molecule has 0 saturated carbocycles. The molecule has 1 aromatic rings. The third-order valence-corrected chi connectivity index (χ3v) is 2.77. The lowest BCUT2D eigenvalue weighted by Crippen LogP contribution is -2.49. The molecule has 0 spiro atoms. The summed E-state index contributed by atoms with van der Waals surface area (Å²) in [6.07, 6.45) is 9.38. The number of urea groups is 1. The Bertz CT molecular complexity index is 478. The lowest BCUT2D eigenvalue weighted by molar-refractivity contribution is -0.139. The number of rotatable bonds is 7. The Labute approximate surface area is 117 Å². The van der Waals surface area contributed by atoms with Gasteiger partial charge < -0.3 is 20.7 Å². The molecule has 1 heterocycles. The Kier molecular flexibility index (Phi) is 6.10. The van der Waals surface area contributed by atoms with Crippen LogP contribution >= 0.6 is 0 Å². The number of aliphatic carboxylic acids is 1. The second-order valence-electron chi connectivity index (χ2n) is 4.30. The summed E-state index contributed by atoms with van der Waals surface area (Å²) in [4.78, 5) is 29.5. The van der Waals surface area contributed by atoms with Gasteiger partial charge in [-0.2, -0.15) is 0 Å². The molecule has 0 fully saturated rings. The van der Waals surface area contributed by atoms with Gasteiger partial charge in [-0.1, -0.05) is 6.92 Å². The van der Waals surface area contributed by atoms with Crippen LogP contribution in [0.4, 0.5) is 4.79 Å². The predicted octanol–water partition coefficient (Wildman–Crippen LogP) is 0.506. The first-order valence-corrected chi connectivity index (χ1v) is 6.27. The molecule has 0 bridgehead atoms. The van der Waals surface area contributed by atoms with Crippen LogP contribution in [0.2, 0.25) is 0 Å². The summed E-state index contributed by atoms with van der Waals surface area (Å²) >= 11 is 0. The first-order valence-electron chi connectivity index (χ1n) is 6.27. The van der Waals surface area contributed by atoms with Gasteiger partial charge >= 0.3 is 12.0 Å². The minimum Gasteiger partial charge on any atom is -0.480 e. The van der Waals surface area contributed by atoms with E-state index < -0.39 is 18.0 Å². The molecule has 4 N–H and O–H groups in total. The number of carboxylic acids is 1. The fraction of sp³-hybridized carbons (Fsp3) is 0.462. The van der Waals surface area contributed by atoms with Crippen LogP contribution in [0.1, 0.15) is 25.5 Å². The van der Waals surface area contributed by atoms with Crippen molar-refractivity contribution in [2.75, 3.05) is 0 Å². The van der Waals surface area contributed by atoms with E-state index in [0.717, 1.165) is 0 Å². The summed E-state index contributed by atoms with van der Waals surface area (Å²) in [5, 5.41) is 14.2. The maximum Gasteiger partial charge on any atom is 0.326 e. The number of carbonyl (C=O) groups is 2. The topological polar surface area (TPSA) is 107 Å². The Balaban J connectivity index is 2.55. The number of hydrogen-bond acceptors (Lipinski definition) is 3. The number of carboxylic acid groups (broad SMARTS) is 1. The Morgan fingerprint density at radius 3 is 2.80 bits per heavy atom. The number of carbonyl (C=O) groups excluding carboxylic acids is 1. The van der Waals surface area contributed by atoms with Gasteiger partial charge in [0, 0.05) is 30.8 Å². The van der Waals surface area contributed by atoms with Crippen LogP contribution in [0.3, 0.4) is 0 Å². The van der Waals surface area contributed by atoms with Gasteiger partial charge in [0.25, 0.3) is 0 Å². The number of nitrogens with one attached hydrogen (secondary N) is 3. The highest BCUT2D eigenvalue weighted by atomic mass is 16.4. The molecular formula is C13H18N4O3. The summed E-state index contributed by atoms with van der Waals surface area (Å²) < 4.78 is 0. The number of amides is 2. The zero-order valence-corrected chi connectivity index (χ0v) is 11.2. The van der Waals surface area contributed by atoms with Crippen molar-refractivity contribution in [2.24, 2.45) is 0 Å². The van der Waals surface area contributed by atoms with Gasteiger partial charge in [0.1, 0.15) is 6.04 Å². The molecule has 1 aromatic heterocycles. The van der Waals surface area contributed by atoms with Gasteiger partial charge in [0.15, 0.2) is 0 Å². The summed E-state index contributed by atoms with van der Waals surface area (Å²) in [6.45, 7) is 1.89. The number of aromatic nitrogens is 2. The number of H-pyrrole nitrogens is 1. The zero-order valence-electron chi connectivity index (χ0n) is 11.2. The number of aromatic amines is 1. The lowest BCUT2D eigenvalue weighted by atomic mass is 10.1. The van der Waals surface area contributed by atoms with Crippen molar-refractivity contribution in [3.8, 4) is 12.3 Å². The van der Waals surface area contributed by atoms with E-state index in [0.29, 0.717) is 18.5 Å². The largest absolute Gasteiger partial charge is 0.480 e. The van der Waals surface area contributed by atoms with Crippen LogP contribution in [-0.4, -0.2) is 39.2 Å². The molecule has 108 valence electrons. The van der Waals surface area contributed by atoms with E-state index in [1.165, 1.54) is 12.5 Å². The summed E-state index contributed by atoms with van der Waals surface area (Å²) in [5.74, 6) is 1.35. The SMILES string of the molecule is C#CCC(CC)NC(=O)N[C@@H](Cc1cnc[nH]1)C(=O)O. The van der Waals surface area contributed by atoms with Crippen LogP contribution in [0, 0.1) is 12.3 Å². The highest BCUT2D eigenvalue weighted by Crippen LogP contribution is 2.00. The third kappa shape index (κ3) is 5.02. The third-order valence-electron chi connectivity index (χ3n) is 2.77. The Hall–Kier alpha value is -2.49. The van der Waals surface area contributed by atoms with E-state index in [2.05, 4.69) is 26.5 Å². The second kappa shape index (κ2) is 7.84. The van der Waals surface area contributed by atoms with E-state index in [9.17, 15) is 9.59 Å². The molecule has 1 rings (SSSR count). The fourth-order valence-electron chi connectivity index (χ4n) is 1.64. The van der Waals surface area contributed by atoms with Gasteiger partial charge in [0.2, 0.25) is 0 Å². The molecule has 20 heavy (non-hydrogen) atoms. The van der Waals surface area contributed by atoms with E-state index in [-0.39, 0.29) is 12.5 Å². The van der Waals surface area contributed by atoms with Gasteiger partial charge in [0.05, 0.1) is 6.33 Å². The molecule has 2 amide bonds. The van der Waals surface area contributed by atoms with E-state index in [4.69, 9.17) is 11.5 Å². The van der Waals surface area contributed by atoms with Gasteiger partial charge in [-0.15, -0.1) is 12.3 Å². The first kappa shape index (κ1) is 15.6. The molecule has 2 atom stereocenters. The average Bonchev–Trinajstić information content (AvgIpc) is 2.90. The fourth-order valence-corrected chi connectivity index (χ4v) is 1.64. The predicted molar refractivity (Wildman–Crippen MR) is 72.9 cm³/mol. The van der Waals surface area contributed by atoms with E-state index >= 15 is 0 Å². The zero-order chi connectivity index (χ0) is 15.0. The summed E-state index contributed by atoms with van der Waals surface area (Å²) in [6, 6.07) is -1.74. The molecule has 1 unspecified atom stereocenters. The molecular weight excluding hydrogens is 260 g/mol. The molecule has 0 saturated heterocycles. The van der Waals surface area contributed by atoms with Crippen molar-refractivity contribution in [3.63, 3.8) is 0 Å². The van der Waals surface area contributed by atoms with Crippen LogP contribution in [-0.2, 0) is 11.2 Å². The molecule has 7 heteroatoms. The highest BCUT2D eigenvalue weighted by molar-refractivity contribution is 5.82. The Morgan fingerprint density at radius 1 is 1.55 bits per heavy atom. The molecule has 0 radical (unpaired) electrons. The van der Waals surface area contributed by atoms with Crippen molar-refractivity contribution in [3.05, 3.63) is 18.2 Å². The van der Waals surface area contributed by atoms with Crippen LogP contribution < -0.4 is 10.6 Å². The van der Waals surface area contributed by atoms with E-state index in [1.54, 1.807) is 0 Å². The monoisotopic (exact) mass is 278 g/mol. The average molecular weight is 278 g/mol. The minimum absolute atomic E-state index is 0.134. The van der Waals surface area contributed by atoms with Gasteiger partial charge in [-0.3, -0.25) is 0 Å². The number of imidazole rings is 1. The van der Waals surface area contributed by atoms with Crippen molar-refractivity contribution >= 4 is 12.0 Å². The summed E-state index contributed by atoms with van der Waals surface area (Å²) in [5.41, 5.74) is 0.633. The smallest absolute Gasteiger partial charge is 0.326 e. The Morgan fingerprint density at radius 2 is 2.30 bits per heavy atom. The van der Waals surface area contributed by atoms with Gasteiger partial charge in [-0.25, -0.2) is 14.6 Å². The van der Waals surface area contributed by atoms with Crippen molar-refractivity contribution in [2.45, 2.75) is 38.3 Å². The van der Waals surface area contributed by atoms with Gasteiger partial charge in [-0.05, 0) is 6.42 Å². The standard InChI is InChI=1S/C13H18N4O3/c1-3-5-9(4-2)16-13(20)17-11(12(18)19)6-10-7-14-8-15-10/h1,7-9,11H,4-6H2,2H3,(H,14,15)(H,18,19)(H2,16,17,20)/t9?,11-/m0/s1. The van der Waals surface area contributed by atoms with Crippen LogP contribution in [0.25, 0.3) is 0 Å². The maximum absolute atomic E-state index is 11.8. The van der Waals surface area contributed by atoms with Crippen molar-refractivity contribution in [1.29, 1.82) is 0 Å². The normalized spacial score (nSPS) is 13.0. The maximum atomic E-state index is 11.8. The number of nitrogens with zero attached hydrogens (tertiary/aromatic N) is 1.